The van der Waals surface area contributed by atoms with Crippen molar-refractivity contribution in [1.82, 2.24) is 14.8 Å². The highest BCUT2D eigenvalue weighted by atomic mass is 16.5. The number of nitrogens with zero attached hydrogens (tertiary/aromatic N) is 3. The maximum absolute atomic E-state index is 13.3. The number of aromatic nitrogens is 3. The molecule has 1 atom stereocenters. The van der Waals surface area contributed by atoms with Crippen LogP contribution in [0.4, 0.5) is 11.9 Å². The molecule has 0 saturated heterocycles. The molecule has 9 nitrogen and oxygen atoms in total. The van der Waals surface area contributed by atoms with Gasteiger partial charge in [-0.25, -0.2) is 0 Å². The van der Waals surface area contributed by atoms with E-state index in [1.807, 2.05) is 66.7 Å². The van der Waals surface area contributed by atoms with E-state index >= 15 is 0 Å². The second-order valence-electron chi connectivity index (χ2n) is 7.99. The van der Waals surface area contributed by atoms with Gasteiger partial charge in [-0.3, -0.25) is 4.79 Å². The first-order chi connectivity index (χ1) is 17.6. The molecule has 0 fully saturated rings. The second kappa shape index (κ2) is 11.7. The molecule has 36 heavy (non-hydrogen) atoms. The number of methoxy groups -OCH3 is 2. The molecule has 1 heterocycles. The summed E-state index contributed by atoms with van der Waals surface area (Å²) in [7, 11) is 3.25. The average molecular weight is 488 g/mol. The molecule has 0 spiro atoms. The monoisotopic (exact) mass is 487 g/mol. The first-order valence-electron chi connectivity index (χ1n) is 11.5. The Morgan fingerprint density at radius 2 is 1.36 bits per heavy atom. The molecule has 4 rings (SSSR count). The molecule has 0 aliphatic heterocycles. The van der Waals surface area contributed by atoms with E-state index in [0.717, 1.165) is 22.6 Å². The molecule has 0 saturated carbocycles. The number of hydrogen-bond donors (Lipinski definition) is 2. The van der Waals surface area contributed by atoms with E-state index in [1.165, 1.54) is 4.68 Å². The van der Waals surface area contributed by atoms with E-state index in [0.29, 0.717) is 30.7 Å². The fourth-order valence-corrected chi connectivity index (χ4v) is 3.43. The number of anilines is 2. The second-order valence-corrected chi connectivity index (χ2v) is 7.99. The van der Waals surface area contributed by atoms with Crippen LogP contribution in [0.3, 0.4) is 0 Å². The topological polar surface area (TPSA) is 99.5 Å². The summed E-state index contributed by atoms with van der Waals surface area (Å²) in [5, 5.41) is 10.8. The van der Waals surface area contributed by atoms with Crippen molar-refractivity contribution in [3.8, 4) is 17.2 Å². The van der Waals surface area contributed by atoms with Crippen LogP contribution in [0.25, 0.3) is 0 Å². The third-order valence-corrected chi connectivity index (χ3v) is 5.44. The lowest BCUT2D eigenvalue weighted by Crippen LogP contribution is -2.31. The SMILES string of the molecule is COc1ccc(CNc2nc(NCc3ccc(OC)cc3)n(C(=O)C(C)Oc3ccccc3)n2)cc1. The molecule has 2 N–H and O–H groups in total. The molecule has 3 aromatic carbocycles. The van der Waals surface area contributed by atoms with Crippen LogP contribution in [-0.2, 0) is 13.1 Å². The third-order valence-electron chi connectivity index (χ3n) is 5.44. The van der Waals surface area contributed by atoms with Crippen LogP contribution in [0, 0.1) is 0 Å². The van der Waals surface area contributed by atoms with Gasteiger partial charge in [0.1, 0.15) is 17.2 Å². The lowest BCUT2D eigenvalue weighted by molar-refractivity contribution is 0.0713. The van der Waals surface area contributed by atoms with Crippen molar-refractivity contribution in [3.05, 3.63) is 90.0 Å². The quantitative estimate of drug-likeness (QED) is 0.316. The zero-order valence-corrected chi connectivity index (χ0v) is 20.5. The van der Waals surface area contributed by atoms with Crippen LogP contribution < -0.4 is 24.8 Å². The summed E-state index contributed by atoms with van der Waals surface area (Å²) in [4.78, 5) is 17.8. The van der Waals surface area contributed by atoms with E-state index in [4.69, 9.17) is 14.2 Å². The van der Waals surface area contributed by atoms with E-state index in [-0.39, 0.29) is 5.91 Å². The van der Waals surface area contributed by atoms with Gasteiger partial charge < -0.3 is 24.8 Å². The van der Waals surface area contributed by atoms with Gasteiger partial charge in [-0.2, -0.15) is 9.67 Å². The van der Waals surface area contributed by atoms with Gasteiger partial charge in [-0.15, -0.1) is 5.10 Å². The summed E-state index contributed by atoms with van der Waals surface area (Å²) in [5.41, 5.74) is 2.02. The maximum Gasteiger partial charge on any atom is 0.290 e. The zero-order valence-electron chi connectivity index (χ0n) is 20.5. The predicted octanol–water partition coefficient (Wildman–Crippen LogP) is 4.63. The van der Waals surface area contributed by atoms with Crippen molar-refractivity contribution in [2.45, 2.75) is 26.1 Å². The Morgan fingerprint density at radius 1 is 0.806 bits per heavy atom. The number of carbonyl (C=O) groups excluding carboxylic acids is 1. The zero-order chi connectivity index (χ0) is 25.3. The molecule has 0 bridgehead atoms. The fraction of sp³-hybridized carbons (Fsp3) is 0.222. The maximum atomic E-state index is 13.3. The summed E-state index contributed by atoms with van der Waals surface area (Å²) in [5.74, 6) is 2.45. The first kappa shape index (κ1) is 24.6. The minimum atomic E-state index is -0.773. The Balaban J connectivity index is 1.50. The molecule has 1 unspecified atom stereocenters. The van der Waals surface area contributed by atoms with Gasteiger partial charge in [-0.1, -0.05) is 42.5 Å². The Kier molecular flexibility index (Phi) is 8.02. The summed E-state index contributed by atoms with van der Waals surface area (Å²) in [6, 6.07) is 24.5. The van der Waals surface area contributed by atoms with E-state index < -0.39 is 6.10 Å². The number of rotatable bonds is 11. The van der Waals surface area contributed by atoms with Crippen LogP contribution in [0.15, 0.2) is 78.9 Å². The molecule has 0 amide bonds. The van der Waals surface area contributed by atoms with Gasteiger partial charge in [0.2, 0.25) is 11.9 Å². The van der Waals surface area contributed by atoms with Crippen molar-refractivity contribution in [3.63, 3.8) is 0 Å². The van der Waals surface area contributed by atoms with Gasteiger partial charge in [0.25, 0.3) is 5.91 Å². The molecule has 0 aliphatic carbocycles. The molecule has 0 radical (unpaired) electrons. The van der Waals surface area contributed by atoms with Gasteiger partial charge in [-0.05, 0) is 54.4 Å². The van der Waals surface area contributed by atoms with Gasteiger partial charge in [0.15, 0.2) is 6.10 Å². The number of para-hydroxylation sites is 1. The van der Waals surface area contributed by atoms with E-state index in [9.17, 15) is 4.79 Å². The molecule has 9 heteroatoms. The normalized spacial score (nSPS) is 11.4. The number of ether oxygens (including phenoxy) is 3. The van der Waals surface area contributed by atoms with Crippen LogP contribution in [0.2, 0.25) is 0 Å². The summed E-state index contributed by atoms with van der Waals surface area (Å²) in [6.45, 7) is 2.62. The number of carbonyl (C=O) groups is 1. The molecule has 4 aromatic rings. The van der Waals surface area contributed by atoms with E-state index in [2.05, 4.69) is 20.7 Å². The van der Waals surface area contributed by atoms with E-state index in [1.54, 1.807) is 33.3 Å². The lowest BCUT2D eigenvalue weighted by atomic mass is 10.2. The highest BCUT2D eigenvalue weighted by molar-refractivity contribution is 5.85. The van der Waals surface area contributed by atoms with Crippen molar-refractivity contribution in [1.29, 1.82) is 0 Å². The molecule has 1 aromatic heterocycles. The molecule has 0 aliphatic rings. The van der Waals surface area contributed by atoms with Crippen LogP contribution in [-0.4, -0.2) is 41.0 Å². The van der Waals surface area contributed by atoms with Crippen LogP contribution in [0.1, 0.15) is 22.8 Å². The van der Waals surface area contributed by atoms with Gasteiger partial charge in [0.05, 0.1) is 14.2 Å². The van der Waals surface area contributed by atoms with Gasteiger partial charge in [0, 0.05) is 13.1 Å². The Morgan fingerprint density at radius 3 is 1.92 bits per heavy atom. The third kappa shape index (κ3) is 6.32. The molecular weight excluding hydrogens is 458 g/mol. The van der Waals surface area contributed by atoms with Crippen LogP contribution in [0.5, 0.6) is 17.2 Å². The standard InChI is InChI=1S/C27H29N5O4/c1-19(36-24-7-5-4-6-8-24)25(33)32-27(29-18-21-11-15-23(35-3)16-12-21)30-26(31-32)28-17-20-9-13-22(34-2)14-10-20/h4-16,19H,17-18H2,1-3H3,(H2,28,29,30,31). The average Bonchev–Trinajstić information content (AvgIpc) is 3.34. The highest BCUT2D eigenvalue weighted by Crippen LogP contribution is 2.18. The number of nitrogens with one attached hydrogen (secondary N) is 2. The summed E-state index contributed by atoms with van der Waals surface area (Å²) in [6.07, 6.45) is -0.773. The van der Waals surface area contributed by atoms with Crippen LogP contribution >= 0.6 is 0 Å². The Bertz CT molecular complexity index is 1260. The minimum absolute atomic E-state index is 0.316. The Hall–Kier alpha value is -4.53. The molecule has 186 valence electrons. The highest BCUT2D eigenvalue weighted by Gasteiger charge is 2.23. The van der Waals surface area contributed by atoms with Crippen molar-refractivity contribution in [2.75, 3.05) is 24.9 Å². The largest absolute Gasteiger partial charge is 0.497 e. The first-order valence-corrected chi connectivity index (χ1v) is 11.5. The number of hydrogen-bond acceptors (Lipinski definition) is 8. The molecular formula is C27H29N5O4. The van der Waals surface area contributed by atoms with Crippen molar-refractivity contribution in [2.24, 2.45) is 0 Å². The lowest BCUT2D eigenvalue weighted by Gasteiger charge is -2.14. The van der Waals surface area contributed by atoms with Crippen molar-refractivity contribution < 1.29 is 19.0 Å². The van der Waals surface area contributed by atoms with Gasteiger partial charge >= 0.3 is 0 Å². The predicted molar refractivity (Wildman–Crippen MR) is 138 cm³/mol. The Labute approximate surface area is 210 Å². The minimum Gasteiger partial charge on any atom is -0.497 e. The van der Waals surface area contributed by atoms with Crippen molar-refractivity contribution >= 4 is 17.8 Å². The fourth-order valence-electron chi connectivity index (χ4n) is 3.43. The summed E-state index contributed by atoms with van der Waals surface area (Å²) >= 11 is 0. The summed E-state index contributed by atoms with van der Waals surface area (Å²) < 4.78 is 17.5. The smallest absolute Gasteiger partial charge is 0.290 e. The number of benzene rings is 3.